The summed E-state index contributed by atoms with van der Waals surface area (Å²) in [5, 5.41) is 15.2. The molecule has 0 bridgehead atoms. The zero-order chi connectivity index (χ0) is 28.3. The fraction of sp³-hybridized carbons (Fsp3) is 0.656. The van der Waals surface area contributed by atoms with Gasteiger partial charge in [0.25, 0.3) is 0 Å². The minimum absolute atomic E-state index is 0.286. The molecule has 0 fully saturated rings. The lowest BCUT2D eigenvalue weighted by atomic mass is 9.87. The Labute approximate surface area is 238 Å². The molecule has 2 rings (SSSR count). The smallest absolute Gasteiger partial charge is 0.230 e. The number of aliphatic hydroxyl groups excluding tert-OH is 1. The highest BCUT2D eigenvalue weighted by Gasteiger charge is 2.29. The monoisotopic (exact) mass is 560 g/mol. The number of rotatable bonds is 22. The number of thiol groups is 1. The van der Waals surface area contributed by atoms with Crippen molar-refractivity contribution < 1.29 is 18.3 Å². The number of fused-ring (bicyclic) bond motifs is 1. The molecule has 1 amide bonds. The number of anilines is 1. The van der Waals surface area contributed by atoms with Crippen LogP contribution in [0.5, 0.6) is 0 Å². The standard InChI is InChI=1S/C32H52N2O4S/c1-3-4-5-6-7-8-9-10-11-12-13-14-15-16-17-20-25-33-32(36)30(26(2)35)31-28-22-19-18-21-27(28)23-24-29(31)34-39(37)38/h18-19,21-24,26,30,35,39H,3-17,20,25H2,1-2H3,(H,33,36)(H,34,37,38)/t26-,30-/m1/s1. The van der Waals surface area contributed by atoms with E-state index in [0.717, 1.165) is 23.6 Å². The molecule has 0 saturated carbocycles. The summed E-state index contributed by atoms with van der Waals surface area (Å²) < 4.78 is 25.3. The van der Waals surface area contributed by atoms with Crippen LogP contribution in [0.1, 0.15) is 128 Å². The number of carbonyl (C=O) groups excluding carboxylic acids is 1. The van der Waals surface area contributed by atoms with Crippen LogP contribution >= 0.6 is 0 Å². The maximum absolute atomic E-state index is 13.2. The molecular formula is C32H52N2O4S. The summed E-state index contributed by atoms with van der Waals surface area (Å²) in [6.07, 6.45) is 19.8. The van der Waals surface area contributed by atoms with Crippen LogP contribution in [0.3, 0.4) is 0 Å². The molecule has 0 unspecified atom stereocenters. The molecule has 2 atom stereocenters. The van der Waals surface area contributed by atoms with Crippen LogP contribution in [0.4, 0.5) is 5.69 Å². The van der Waals surface area contributed by atoms with Gasteiger partial charge in [-0.25, -0.2) is 8.42 Å². The van der Waals surface area contributed by atoms with E-state index >= 15 is 0 Å². The van der Waals surface area contributed by atoms with Crippen molar-refractivity contribution in [1.29, 1.82) is 0 Å². The lowest BCUT2D eigenvalue weighted by molar-refractivity contribution is -0.124. The molecule has 0 heterocycles. The predicted molar refractivity (Wildman–Crippen MR) is 165 cm³/mol. The zero-order valence-electron chi connectivity index (χ0n) is 24.3. The summed E-state index contributed by atoms with van der Waals surface area (Å²) in [6, 6.07) is 11.0. The van der Waals surface area contributed by atoms with Gasteiger partial charge in [-0.3, -0.25) is 9.52 Å². The lowest BCUT2D eigenvalue weighted by Gasteiger charge is -2.24. The van der Waals surface area contributed by atoms with Gasteiger partial charge in [-0.2, -0.15) is 0 Å². The van der Waals surface area contributed by atoms with Gasteiger partial charge < -0.3 is 10.4 Å². The van der Waals surface area contributed by atoms with Gasteiger partial charge in [0.2, 0.25) is 16.8 Å². The molecule has 7 heteroatoms. The van der Waals surface area contributed by atoms with E-state index in [1.807, 2.05) is 30.3 Å². The molecule has 2 aromatic rings. The van der Waals surface area contributed by atoms with E-state index in [2.05, 4.69) is 17.0 Å². The van der Waals surface area contributed by atoms with E-state index in [1.165, 1.54) is 89.9 Å². The van der Waals surface area contributed by atoms with Crippen LogP contribution in [-0.2, 0) is 15.7 Å². The third-order valence-electron chi connectivity index (χ3n) is 7.59. The highest BCUT2D eigenvalue weighted by atomic mass is 32.2. The van der Waals surface area contributed by atoms with Crippen molar-refractivity contribution in [2.75, 3.05) is 11.3 Å². The molecule has 3 N–H and O–H groups in total. The number of nitrogens with one attached hydrogen (secondary N) is 2. The van der Waals surface area contributed by atoms with E-state index in [9.17, 15) is 18.3 Å². The molecule has 0 spiro atoms. The Hall–Kier alpha value is -2.12. The Morgan fingerprint density at radius 1 is 0.769 bits per heavy atom. The molecule has 0 aliphatic carbocycles. The first kappa shape index (κ1) is 33.1. The Bertz CT molecular complexity index is 1030. The van der Waals surface area contributed by atoms with Gasteiger partial charge in [0.1, 0.15) is 0 Å². The fourth-order valence-corrected chi connectivity index (χ4v) is 5.80. The largest absolute Gasteiger partial charge is 0.392 e. The minimum Gasteiger partial charge on any atom is -0.392 e. The first-order chi connectivity index (χ1) is 19.0. The van der Waals surface area contributed by atoms with Crippen molar-refractivity contribution in [3.05, 3.63) is 42.0 Å². The van der Waals surface area contributed by atoms with E-state index in [4.69, 9.17) is 0 Å². The molecule has 6 nitrogen and oxygen atoms in total. The van der Waals surface area contributed by atoms with Crippen LogP contribution in [-0.4, -0.2) is 32.1 Å². The second-order valence-corrected chi connectivity index (χ2v) is 11.7. The van der Waals surface area contributed by atoms with Crippen LogP contribution < -0.4 is 10.0 Å². The predicted octanol–water partition coefficient (Wildman–Crippen LogP) is 7.62. The maximum atomic E-state index is 13.2. The van der Waals surface area contributed by atoms with Gasteiger partial charge in [-0.1, -0.05) is 134 Å². The normalized spacial score (nSPS) is 13.0. The van der Waals surface area contributed by atoms with Crippen molar-refractivity contribution >= 4 is 33.3 Å². The van der Waals surface area contributed by atoms with Crippen molar-refractivity contribution in [2.45, 2.75) is 129 Å². The highest BCUT2D eigenvalue weighted by molar-refractivity contribution is 7.73. The molecule has 220 valence electrons. The van der Waals surface area contributed by atoms with Gasteiger partial charge >= 0.3 is 0 Å². The number of hydrogen-bond donors (Lipinski definition) is 4. The third-order valence-corrected chi connectivity index (χ3v) is 8.01. The number of unbranched alkanes of at least 4 members (excludes halogenated alkanes) is 15. The van der Waals surface area contributed by atoms with Gasteiger partial charge in [-0.15, -0.1) is 0 Å². The molecule has 0 aliphatic rings. The second kappa shape index (κ2) is 19.9. The minimum atomic E-state index is -2.91. The number of aliphatic hydroxyl groups is 1. The summed E-state index contributed by atoms with van der Waals surface area (Å²) in [4.78, 5) is 13.2. The lowest BCUT2D eigenvalue weighted by Crippen LogP contribution is -2.36. The van der Waals surface area contributed by atoms with E-state index < -0.39 is 22.9 Å². The molecule has 0 saturated heterocycles. The Kier molecular flexibility index (Phi) is 16.9. The Morgan fingerprint density at radius 3 is 1.79 bits per heavy atom. The fourth-order valence-electron chi connectivity index (χ4n) is 5.41. The van der Waals surface area contributed by atoms with E-state index in [-0.39, 0.29) is 5.91 Å². The van der Waals surface area contributed by atoms with Gasteiger partial charge in [-0.05, 0) is 35.7 Å². The average Bonchev–Trinajstić information content (AvgIpc) is 2.91. The summed E-state index contributed by atoms with van der Waals surface area (Å²) in [5.74, 6) is -1.17. The van der Waals surface area contributed by atoms with Crippen molar-refractivity contribution in [1.82, 2.24) is 5.32 Å². The summed E-state index contributed by atoms with van der Waals surface area (Å²) in [5.41, 5.74) is 0.833. The van der Waals surface area contributed by atoms with Crippen LogP contribution in [0, 0.1) is 0 Å². The van der Waals surface area contributed by atoms with Crippen molar-refractivity contribution in [3.63, 3.8) is 0 Å². The summed E-state index contributed by atoms with van der Waals surface area (Å²) in [7, 11) is -2.91. The molecule has 2 aromatic carbocycles. The first-order valence-electron chi connectivity index (χ1n) is 15.3. The van der Waals surface area contributed by atoms with E-state index in [1.54, 1.807) is 13.0 Å². The molecule has 39 heavy (non-hydrogen) atoms. The molecule has 0 radical (unpaired) electrons. The Balaban J connectivity index is 1.67. The third kappa shape index (κ3) is 12.7. The number of amides is 1. The maximum Gasteiger partial charge on any atom is 0.230 e. The highest BCUT2D eigenvalue weighted by Crippen LogP contribution is 2.35. The second-order valence-electron chi connectivity index (χ2n) is 10.9. The van der Waals surface area contributed by atoms with Crippen molar-refractivity contribution in [3.8, 4) is 0 Å². The SMILES string of the molecule is CCCCCCCCCCCCCCCCCCNC(=O)[C@@H](c1c(N[SH](=O)=O)ccc2ccccc12)[C@@H](C)O. The quantitative estimate of drug-likeness (QED) is 0.0880. The zero-order valence-corrected chi connectivity index (χ0v) is 25.2. The molecule has 0 aromatic heterocycles. The summed E-state index contributed by atoms with van der Waals surface area (Å²) >= 11 is 0. The Morgan fingerprint density at radius 2 is 1.28 bits per heavy atom. The van der Waals surface area contributed by atoms with Crippen LogP contribution in [0.15, 0.2) is 36.4 Å². The van der Waals surface area contributed by atoms with Crippen molar-refractivity contribution in [2.24, 2.45) is 0 Å². The first-order valence-corrected chi connectivity index (χ1v) is 16.5. The average molecular weight is 561 g/mol. The summed E-state index contributed by atoms with van der Waals surface area (Å²) in [6.45, 7) is 4.38. The molecular weight excluding hydrogens is 508 g/mol. The molecule has 0 aliphatic heterocycles. The topological polar surface area (TPSA) is 95.5 Å². The van der Waals surface area contributed by atoms with Crippen LogP contribution in [0.25, 0.3) is 10.8 Å². The van der Waals surface area contributed by atoms with Crippen LogP contribution in [0.2, 0.25) is 0 Å². The number of hydrogen-bond acceptors (Lipinski definition) is 4. The number of benzene rings is 2. The van der Waals surface area contributed by atoms with E-state index in [0.29, 0.717) is 17.8 Å². The van der Waals surface area contributed by atoms with Gasteiger partial charge in [0.05, 0.1) is 17.7 Å². The van der Waals surface area contributed by atoms with Gasteiger partial charge in [0, 0.05) is 6.54 Å². The number of carbonyl (C=O) groups is 1. The van der Waals surface area contributed by atoms with Gasteiger partial charge in [0.15, 0.2) is 0 Å².